The van der Waals surface area contributed by atoms with Crippen molar-refractivity contribution in [1.82, 2.24) is 0 Å². The third-order valence-electron chi connectivity index (χ3n) is 6.51. The number of carbonyl (C=O) groups is 2. The molecule has 3 aromatic rings. The minimum atomic E-state index is -0.422. The molecule has 194 valence electrons. The minimum absolute atomic E-state index is 0.280. The van der Waals surface area contributed by atoms with Gasteiger partial charge in [-0.05, 0) is 73.9 Å². The van der Waals surface area contributed by atoms with Crippen LogP contribution in [0.25, 0.3) is 0 Å². The highest BCUT2D eigenvalue weighted by Crippen LogP contribution is 2.31. The van der Waals surface area contributed by atoms with Crippen molar-refractivity contribution in [1.29, 1.82) is 0 Å². The van der Waals surface area contributed by atoms with Gasteiger partial charge < -0.3 is 25.2 Å². The third-order valence-corrected chi connectivity index (χ3v) is 6.74. The summed E-state index contributed by atoms with van der Waals surface area (Å²) in [6.07, 6.45) is 0.931. The second-order valence-electron chi connectivity index (χ2n) is 8.99. The van der Waals surface area contributed by atoms with E-state index in [2.05, 4.69) is 34.3 Å². The van der Waals surface area contributed by atoms with Crippen LogP contribution in [-0.4, -0.2) is 44.8 Å². The Kier molecular flexibility index (Phi) is 8.56. The lowest BCUT2D eigenvalue weighted by molar-refractivity contribution is 0.0526. The molecule has 0 bridgehead atoms. The van der Waals surface area contributed by atoms with Crippen LogP contribution in [0, 0.1) is 6.92 Å². The smallest absolute Gasteiger partial charge is 0.338 e. The van der Waals surface area contributed by atoms with Gasteiger partial charge in [-0.2, -0.15) is 0 Å². The van der Waals surface area contributed by atoms with E-state index in [1.165, 1.54) is 11.1 Å². The van der Waals surface area contributed by atoms with Crippen LogP contribution in [0.5, 0.6) is 0 Å². The molecular formula is C29H33ClN4O3. The highest BCUT2D eigenvalue weighted by molar-refractivity contribution is 6.30. The molecule has 1 aliphatic heterocycles. The number of anilines is 4. The summed E-state index contributed by atoms with van der Waals surface area (Å²) < 4.78 is 5.18. The lowest BCUT2D eigenvalue weighted by atomic mass is 10.1. The van der Waals surface area contributed by atoms with E-state index in [-0.39, 0.29) is 12.6 Å². The molecule has 7 nitrogen and oxygen atoms in total. The summed E-state index contributed by atoms with van der Waals surface area (Å²) in [5.41, 5.74) is 6.01. The van der Waals surface area contributed by atoms with E-state index in [4.69, 9.17) is 16.3 Å². The molecule has 0 aromatic heterocycles. The number of rotatable bonds is 7. The van der Waals surface area contributed by atoms with Gasteiger partial charge in [0.05, 0.1) is 23.5 Å². The SMILES string of the molecule is CCOC(=O)c1ccc(N2CCN(c3cc(Cl)ccc3C)CC2)c(NC(=O)Nc2ccc(CC)cc2)c1. The first-order chi connectivity index (χ1) is 17.9. The Hall–Kier alpha value is -3.71. The first-order valence-electron chi connectivity index (χ1n) is 12.6. The van der Waals surface area contributed by atoms with E-state index in [0.717, 1.165) is 49.0 Å². The quantitative estimate of drug-likeness (QED) is 0.355. The van der Waals surface area contributed by atoms with E-state index < -0.39 is 5.97 Å². The van der Waals surface area contributed by atoms with Crippen LogP contribution in [0.1, 0.15) is 35.3 Å². The zero-order valence-corrected chi connectivity index (χ0v) is 22.3. The van der Waals surface area contributed by atoms with Crippen LogP contribution < -0.4 is 20.4 Å². The maximum absolute atomic E-state index is 12.9. The molecule has 1 saturated heterocycles. The fourth-order valence-electron chi connectivity index (χ4n) is 4.47. The summed E-state index contributed by atoms with van der Waals surface area (Å²) in [4.78, 5) is 29.8. The number of esters is 1. The Morgan fingerprint density at radius 2 is 1.54 bits per heavy atom. The van der Waals surface area contributed by atoms with Gasteiger partial charge in [0.15, 0.2) is 0 Å². The van der Waals surface area contributed by atoms with Crippen LogP contribution >= 0.6 is 11.6 Å². The predicted molar refractivity (Wildman–Crippen MR) is 151 cm³/mol. The number of benzene rings is 3. The van der Waals surface area contributed by atoms with Crippen molar-refractivity contribution in [3.63, 3.8) is 0 Å². The summed E-state index contributed by atoms with van der Waals surface area (Å²) in [5, 5.41) is 6.55. The second-order valence-corrected chi connectivity index (χ2v) is 9.42. The number of nitrogens with zero attached hydrogens (tertiary/aromatic N) is 2. The van der Waals surface area contributed by atoms with Gasteiger partial charge in [-0.25, -0.2) is 9.59 Å². The van der Waals surface area contributed by atoms with Crippen molar-refractivity contribution in [2.45, 2.75) is 27.2 Å². The Labute approximate surface area is 223 Å². The highest BCUT2D eigenvalue weighted by Gasteiger charge is 2.22. The van der Waals surface area contributed by atoms with Gasteiger partial charge in [0.1, 0.15) is 0 Å². The van der Waals surface area contributed by atoms with Gasteiger partial charge in [0, 0.05) is 42.6 Å². The van der Waals surface area contributed by atoms with Crippen molar-refractivity contribution in [3.05, 3.63) is 82.4 Å². The molecule has 3 aromatic carbocycles. The Morgan fingerprint density at radius 3 is 2.19 bits per heavy atom. The number of carbonyl (C=O) groups excluding carboxylic acids is 2. The average molecular weight is 521 g/mol. The van der Waals surface area contributed by atoms with Crippen LogP contribution in [0.4, 0.5) is 27.5 Å². The lowest BCUT2D eigenvalue weighted by Gasteiger charge is -2.38. The van der Waals surface area contributed by atoms with Crippen molar-refractivity contribution in [2.24, 2.45) is 0 Å². The van der Waals surface area contributed by atoms with E-state index in [9.17, 15) is 9.59 Å². The van der Waals surface area contributed by atoms with E-state index in [0.29, 0.717) is 16.9 Å². The molecule has 0 radical (unpaired) electrons. The number of piperazine rings is 1. The number of amides is 2. The summed E-state index contributed by atoms with van der Waals surface area (Å²) in [5.74, 6) is -0.422. The molecule has 4 rings (SSSR count). The average Bonchev–Trinajstić information content (AvgIpc) is 2.91. The molecule has 0 spiro atoms. The summed E-state index contributed by atoms with van der Waals surface area (Å²) in [6.45, 7) is 9.32. The number of hydrogen-bond donors (Lipinski definition) is 2. The predicted octanol–water partition coefficient (Wildman–Crippen LogP) is 6.36. The molecule has 1 heterocycles. The number of aryl methyl sites for hydroxylation is 2. The fourth-order valence-corrected chi connectivity index (χ4v) is 4.64. The number of urea groups is 1. The first kappa shape index (κ1) is 26.4. The third kappa shape index (κ3) is 6.54. The van der Waals surface area contributed by atoms with Gasteiger partial charge in [-0.15, -0.1) is 0 Å². The Balaban J connectivity index is 1.52. The van der Waals surface area contributed by atoms with Crippen molar-refractivity contribution in [2.75, 3.05) is 53.2 Å². The van der Waals surface area contributed by atoms with Crippen molar-refractivity contribution < 1.29 is 14.3 Å². The molecule has 1 aliphatic rings. The minimum Gasteiger partial charge on any atom is -0.462 e. The molecule has 0 saturated carbocycles. The zero-order chi connectivity index (χ0) is 26.4. The van der Waals surface area contributed by atoms with Crippen LogP contribution in [0.15, 0.2) is 60.7 Å². The molecule has 1 fully saturated rings. The fraction of sp³-hybridized carbons (Fsp3) is 0.310. The van der Waals surface area contributed by atoms with Crippen LogP contribution in [0.2, 0.25) is 5.02 Å². The molecule has 37 heavy (non-hydrogen) atoms. The van der Waals surface area contributed by atoms with E-state index >= 15 is 0 Å². The van der Waals surface area contributed by atoms with Gasteiger partial charge in [0.25, 0.3) is 0 Å². The van der Waals surface area contributed by atoms with E-state index in [1.54, 1.807) is 19.1 Å². The van der Waals surface area contributed by atoms with Gasteiger partial charge in [-0.3, -0.25) is 0 Å². The Bertz CT molecular complexity index is 1250. The molecule has 0 aliphatic carbocycles. The number of halogens is 1. The monoisotopic (exact) mass is 520 g/mol. The summed E-state index contributed by atoms with van der Waals surface area (Å²) in [7, 11) is 0. The number of ether oxygens (including phenoxy) is 1. The van der Waals surface area contributed by atoms with E-state index in [1.807, 2.05) is 48.5 Å². The maximum Gasteiger partial charge on any atom is 0.338 e. The zero-order valence-electron chi connectivity index (χ0n) is 21.5. The van der Waals surface area contributed by atoms with Gasteiger partial charge in [-0.1, -0.05) is 36.7 Å². The molecule has 2 N–H and O–H groups in total. The summed E-state index contributed by atoms with van der Waals surface area (Å²) in [6, 6.07) is 18.6. The molecule has 0 atom stereocenters. The standard InChI is InChI=1S/C29H33ClN4O3/c1-4-21-7-11-24(12-8-21)31-29(36)32-25-18-22(28(35)37-5-2)9-13-26(25)33-14-16-34(17-15-33)27-19-23(30)10-6-20(27)3/h6-13,18-19H,4-5,14-17H2,1-3H3,(H2,31,32,36). The first-order valence-corrected chi connectivity index (χ1v) is 13.0. The Morgan fingerprint density at radius 1 is 0.865 bits per heavy atom. The number of nitrogens with one attached hydrogen (secondary N) is 2. The normalized spacial score (nSPS) is 13.3. The maximum atomic E-state index is 12.9. The highest BCUT2D eigenvalue weighted by atomic mass is 35.5. The molecule has 2 amide bonds. The molecule has 0 unspecified atom stereocenters. The molecular weight excluding hydrogens is 488 g/mol. The van der Waals surface area contributed by atoms with Gasteiger partial charge in [0.2, 0.25) is 0 Å². The second kappa shape index (κ2) is 12.0. The number of hydrogen-bond acceptors (Lipinski definition) is 5. The van der Waals surface area contributed by atoms with Crippen molar-refractivity contribution in [3.8, 4) is 0 Å². The largest absolute Gasteiger partial charge is 0.462 e. The summed E-state index contributed by atoms with van der Waals surface area (Å²) >= 11 is 6.24. The van der Waals surface area contributed by atoms with Crippen LogP contribution in [-0.2, 0) is 11.2 Å². The van der Waals surface area contributed by atoms with Crippen molar-refractivity contribution >= 4 is 46.4 Å². The molecule has 8 heteroatoms. The van der Waals surface area contributed by atoms with Gasteiger partial charge >= 0.3 is 12.0 Å². The topological polar surface area (TPSA) is 73.9 Å². The lowest BCUT2D eigenvalue weighted by Crippen LogP contribution is -2.47. The van der Waals surface area contributed by atoms with Crippen LogP contribution in [0.3, 0.4) is 0 Å².